The third-order valence-corrected chi connectivity index (χ3v) is 14.0. The molecule has 0 saturated heterocycles. The lowest BCUT2D eigenvalue weighted by Crippen LogP contribution is -2.30. The summed E-state index contributed by atoms with van der Waals surface area (Å²) in [6.45, 7) is 6.30. The summed E-state index contributed by atoms with van der Waals surface area (Å²) in [5.74, 6) is -1.05. The summed E-state index contributed by atoms with van der Waals surface area (Å²) < 4.78 is 16.8. The number of hydrogen-bond donors (Lipinski definition) is 0. The van der Waals surface area contributed by atoms with Gasteiger partial charge in [-0.3, -0.25) is 14.4 Å². The van der Waals surface area contributed by atoms with Gasteiger partial charge in [0, 0.05) is 12.8 Å². The van der Waals surface area contributed by atoms with Crippen LogP contribution in [0, 0.1) is 0 Å². The van der Waals surface area contributed by atoms with Crippen LogP contribution in [-0.4, -0.2) is 37.2 Å². The van der Waals surface area contributed by atoms with Crippen molar-refractivity contribution in [1.29, 1.82) is 0 Å². The zero-order chi connectivity index (χ0) is 57.1. The number of rotatable bonds is 59. The molecule has 1 unspecified atom stereocenters. The molecule has 0 aliphatic rings. The van der Waals surface area contributed by atoms with Crippen LogP contribution in [0.1, 0.15) is 303 Å². The SMILES string of the molecule is CC/C=C\C/C=C\C/C=C\C/C=C\C/C=C\CC(=O)OC(COC(=O)CCCCCCC/C=C\CCCC)COC(=O)CCCCCCCCCCCCCCCCCCCCCCCC/C=C\C/C=C\C/C=C\C/C=C\CC. The van der Waals surface area contributed by atoms with Crippen LogP contribution in [0.2, 0.25) is 0 Å². The van der Waals surface area contributed by atoms with Crippen LogP contribution in [0.25, 0.3) is 0 Å². The van der Waals surface area contributed by atoms with Crippen molar-refractivity contribution in [2.75, 3.05) is 13.2 Å². The van der Waals surface area contributed by atoms with Gasteiger partial charge in [0.1, 0.15) is 13.2 Å². The Labute approximate surface area is 488 Å². The monoisotopic (exact) mass is 1090 g/mol. The third-order valence-electron chi connectivity index (χ3n) is 14.0. The Morgan fingerprint density at radius 2 is 0.532 bits per heavy atom. The van der Waals surface area contributed by atoms with Crippen molar-refractivity contribution in [1.82, 2.24) is 0 Å². The highest BCUT2D eigenvalue weighted by molar-refractivity contribution is 5.72. The summed E-state index contributed by atoms with van der Waals surface area (Å²) in [6.07, 6.45) is 92.7. The lowest BCUT2D eigenvalue weighted by molar-refractivity contribution is -0.166. The normalized spacial score (nSPS) is 12.9. The van der Waals surface area contributed by atoms with E-state index in [4.69, 9.17) is 14.2 Å². The van der Waals surface area contributed by atoms with Gasteiger partial charge >= 0.3 is 17.9 Å². The molecule has 0 rings (SSSR count). The van der Waals surface area contributed by atoms with Gasteiger partial charge in [0.05, 0.1) is 6.42 Å². The predicted octanol–water partition coefficient (Wildman–Crippen LogP) is 22.8. The van der Waals surface area contributed by atoms with Crippen LogP contribution in [0.3, 0.4) is 0 Å². The van der Waals surface area contributed by atoms with Gasteiger partial charge in [-0.1, -0.05) is 303 Å². The lowest BCUT2D eigenvalue weighted by atomic mass is 10.0. The molecule has 0 N–H and O–H groups in total. The number of carbonyl (C=O) groups excluding carboxylic acids is 3. The van der Waals surface area contributed by atoms with Crippen molar-refractivity contribution in [3.05, 3.63) is 122 Å². The average Bonchev–Trinajstić information content (AvgIpc) is 3.45. The molecule has 0 amide bonds. The Morgan fingerprint density at radius 1 is 0.278 bits per heavy atom. The highest BCUT2D eigenvalue weighted by Crippen LogP contribution is 2.17. The van der Waals surface area contributed by atoms with Gasteiger partial charge in [-0.2, -0.15) is 0 Å². The molecule has 6 nitrogen and oxygen atoms in total. The maximum absolute atomic E-state index is 12.8. The first-order valence-electron chi connectivity index (χ1n) is 33.0. The minimum atomic E-state index is -0.836. The molecule has 0 spiro atoms. The largest absolute Gasteiger partial charge is 0.462 e. The van der Waals surface area contributed by atoms with E-state index in [2.05, 4.69) is 130 Å². The van der Waals surface area contributed by atoms with E-state index in [0.717, 1.165) is 109 Å². The second-order valence-corrected chi connectivity index (χ2v) is 21.6. The summed E-state index contributed by atoms with van der Waals surface area (Å²) in [7, 11) is 0. The minimum Gasteiger partial charge on any atom is -0.462 e. The predicted molar refractivity (Wildman–Crippen MR) is 343 cm³/mol. The van der Waals surface area contributed by atoms with Crippen LogP contribution < -0.4 is 0 Å². The van der Waals surface area contributed by atoms with Gasteiger partial charge in [0.2, 0.25) is 0 Å². The zero-order valence-electron chi connectivity index (χ0n) is 51.6. The number of hydrogen-bond acceptors (Lipinski definition) is 6. The molecule has 79 heavy (non-hydrogen) atoms. The van der Waals surface area contributed by atoms with Gasteiger partial charge in [-0.25, -0.2) is 0 Å². The van der Waals surface area contributed by atoms with Crippen LogP contribution in [0.5, 0.6) is 0 Å². The molecule has 0 saturated carbocycles. The molecule has 0 aromatic heterocycles. The first kappa shape index (κ1) is 74.8. The Hall–Kier alpha value is -4.19. The second-order valence-electron chi connectivity index (χ2n) is 21.6. The van der Waals surface area contributed by atoms with Crippen molar-refractivity contribution in [2.45, 2.75) is 309 Å². The highest BCUT2D eigenvalue weighted by Gasteiger charge is 2.19. The maximum atomic E-state index is 12.8. The van der Waals surface area contributed by atoms with Gasteiger partial charge in [-0.15, -0.1) is 0 Å². The molecule has 0 fully saturated rings. The molecule has 0 bridgehead atoms. The average molecular weight is 1100 g/mol. The van der Waals surface area contributed by atoms with E-state index in [9.17, 15) is 14.4 Å². The smallest absolute Gasteiger partial charge is 0.310 e. The van der Waals surface area contributed by atoms with Gasteiger partial charge in [0.15, 0.2) is 6.10 Å². The second kappa shape index (κ2) is 66.3. The fourth-order valence-corrected chi connectivity index (χ4v) is 9.08. The van der Waals surface area contributed by atoms with E-state index in [-0.39, 0.29) is 31.6 Å². The van der Waals surface area contributed by atoms with Crippen LogP contribution in [-0.2, 0) is 28.6 Å². The van der Waals surface area contributed by atoms with Crippen LogP contribution >= 0.6 is 0 Å². The molecule has 450 valence electrons. The van der Waals surface area contributed by atoms with Gasteiger partial charge < -0.3 is 14.2 Å². The molecular weight excluding hydrogens is 973 g/mol. The van der Waals surface area contributed by atoms with Crippen molar-refractivity contribution in [2.24, 2.45) is 0 Å². The zero-order valence-corrected chi connectivity index (χ0v) is 51.6. The van der Waals surface area contributed by atoms with E-state index in [1.807, 2.05) is 6.08 Å². The van der Waals surface area contributed by atoms with Gasteiger partial charge in [0.25, 0.3) is 0 Å². The van der Waals surface area contributed by atoms with Crippen LogP contribution in [0.4, 0.5) is 0 Å². The van der Waals surface area contributed by atoms with Crippen molar-refractivity contribution >= 4 is 17.9 Å². The van der Waals surface area contributed by atoms with E-state index in [1.165, 1.54) is 154 Å². The first-order chi connectivity index (χ1) is 39.0. The fraction of sp³-hybridized carbons (Fsp3) is 0.685. The standard InChI is InChI=1S/C73H122O6/c1-4-7-10-13-16-19-22-24-26-27-28-29-30-31-32-33-34-35-36-37-38-39-40-41-42-43-44-45-47-48-51-54-57-60-63-66-72(75)78-69-70(68-77-71(74)65-62-59-56-53-50-21-18-15-12-9-6-3)79-73(76)67-64-61-58-55-52-49-46-25-23-20-17-14-11-8-5-2/h7-8,10-11,15-20,24-26,28-29,46,52,55,61,64,70H,4-6,9,12-14,21-23,27,30-45,47-51,53-54,56-60,62-63,65-69H2,1-3H3/b10-7-,11-8-,18-15-,19-16-,20-17-,26-24-,29-28-,46-25-,55-52-,64-61-. The van der Waals surface area contributed by atoms with E-state index in [0.29, 0.717) is 12.8 Å². The number of allylic oxidation sites excluding steroid dienone is 19. The Morgan fingerprint density at radius 3 is 0.848 bits per heavy atom. The van der Waals surface area contributed by atoms with E-state index >= 15 is 0 Å². The molecule has 0 aromatic carbocycles. The molecule has 6 heteroatoms. The number of ether oxygens (including phenoxy) is 3. The topological polar surface area (TPSA) is 78.9 Å². The van der Waals surface area contributed by atoms with E-state index in [1.54, 1.807) is 6.08 Å². The number of esters is 3. The molecule has 0 aliphatic carbocycles. The summed E-state index contributed by atoms with van der Waals surface area (Å²) in [6, 6.07) is 0. The fourth-order valence-electron chi connectivity index (χ4n) is 9.08. The minimum absolute atomic E-state index is 0.0944. The highest BCUT2D eigenvalue weighted by atomic mass is 16.6. The molecule has 0 aliphatic heterocycles. The van der Waals surface area contributed by atoms with Crippen molar-refractivity contribution < 1.29 is 28.6 Å². The van der Waals surface area contributed by atoms with Crippen LogP contribution in [0.15, 0.2) is 122 Å². The first-order valence-corrected chi connectivity index (χ1v) is 33.0. The number of unbranched alkanes of at least 4 members (excludes halogenated alkanes) is 29. The quantitative estimate of drug-likeness (QED) is 0.0261. The molecular formula is C73H122O6. The van der Waals surface area contributed by atoms with Crippen molar-refractivity contribution in [3.8, 4) is 0 Å². The summed E-state index contributed by atoms with van der Waals surface area (Å²) in [4.78, 5) is 38.1. The third kappa shape index (κ3) is 64.5. The maximum Gasteiger partial charge on any atom is 0.310 e. The summed E-state index contributed by atoms with van der Waals surface area (Å²) in [5, 5.41) is 0. The summed E-state index contributed by atoms with van der Waals surface area (Å²) in [5.41, 5.74) is 0. The Kier molecular flexibility index (Phi) is 62.8. The number of carbonyl (C=O) groups is 3. The van der Waals surface area contributed by atoms with Crippen molar-refractivity contribution in [3.63, 3.8) is 0 Å². The Balaban J connectivity index is 4.12. The summed E-state index contributed by atoms with van der Waals surface area (Å²) >= 11 is 0. The molecule has 1 atom stereocenters. The Bertz CT molecular complexity index is 1640. The van der Waals surface area contributed by atoms with Gasteiger partial charge in [-0.05, 0) is 103 Å². The van der Waals surface area contributed by atoms with E-state index < -0.39 is 12.1 Å². The molecule has 0 aromatic rings. The molecule has 0 radical (unpaired) electrons. The lowest BCUT2D eigenvalue weighted by Gasteiger charge is -2.18. The molecule has 0 heterocycles.